The Kier molecular flexibility index (Phi) is 3.24. The van der Waals surface area contributed by atoms with Gasteiger partial charge in [0.15, 0.2) is 0 Å². The van der Waals surface area contributed by atoms with Gasteiger partial charge in [-0.2, -0.15) is 0 Å². The van der Waals surface area contributed by atoms with Gasteiger partial charge in [-0.05, 0) is 25.1 Å². The molecule has 1 heterocycles. The van der Waals surface area contributed by atoms with E-state index in [1.54, 1.807) is 13.2 Å². The van der Waals surface area contributed by atoms with Gasteiger partial charge in [0.2, 0.25) is 5.95 Å². The minimum Gasteiger partial charge on any atom is -0.495 e. The lowest BCUT2D eigenvalue weighted by Gasteiger charge is -2.10. The molecule has 0 saturated heterocycles. The van der Waals surface area contributed by atoms with Crippen LogP contribution in [0.15, 0.2) is 24.4 Å². The van der Waals surface area contributed by atoms with Crippen LogP contribution in [0.25, 0.3) is 0 Å². The zero-order valence-electron chi connectivity index (χ0n) is 9.99. The van der Waals surface area contributed by atoms with E-state index in [4.69, 9.17) is 16.3 Å². The van der Waals surface area contributed by atoms with Crippen molar-refractivity contribution in [2.24, 2.45) is 7.05 Å². The number of aromatic nitrogens is 2. The van der Waals surface area contributed by atoms with Crippen LogP contribution in [-0.4, -0.2) is 16.7 Å². The summed E-state index contributed by atoms with van der Waals surface area (Å²) in [5, 5.41) is 3.85. The van der Waals surface area contributed by atoms with Crippen LogP contribution in [0.5, 0.6) is 5.75 Å². The average molecular weight is 252 g/mol. The molecule has 0 saturated carbocycles. The van der Waals surface area contributed by atoms with E-state index in [0.29, 0.717) is 5.02 Å². The molecule has 0 aliphatic heterocycles. The predicted molar refractivity (Wildman–Crippen MR) is 69.2 cm³/mol. The summed E-state index contributed by atoms with van der Waals surface area (Å²) in [6.45, 7) is 1.94. The van der Waals surface area contributed by atoms with Crippen molar-refractivity contribution >= 4 is 23.2 Å². The molecule has 2 aromatic rings. The highest BCUT2D eigenvalue weighted by Gasteiger charge is 2.07. The largest absolute Gasteiger partial charge is 0.495 e. The lowest BCUT2D eigenvalue weighted by atomic mass is 10.3. The monoisotopic (exact) mass is 251 g/mol. The van der Waals surface area contributed by atoms with Gasteiger partial charge in [-0.3, -0.25) is 0 Å². The molecule has 1 N–H and O–H groups in total. The Morgan fingerprint density at radius 1 is 1.41 bits per heavy atom. The number of methoxy groups -OCH3 is 1. The van der Waals surface area contributed by atoms with E-state index in [0.717, 1.165) is 23.1 Å². The van der Waals surface area contributed by atoms with Gasteiger partial charge in [-0.1, -0.05) is 11.6 Å². The number of imidazole rings is 1. The van der Waals surface area contributed by atoms with Gasteiger partial charge in [0, 0.05) is 18.3 Å². The van der Waals surface area contributed by atoms with Crippen LogP contribution in [0.2, 0.25) is 5.02 Å². The first-order chi connectivity index (χ1) is 8.10. The van der Waals surface area contributed by atoms with Gasteiger partial charge >= 0.3 is 0 Å². The number of rotatable bonds is 3. The number of anilines is 2. The van der Waals surface area contributed by atoms with Crippen LogP contribution in [0.1, 0.15) is 5.69 Å². The topological polar surface area (TPSA) is 39.1 Å². The fourth-order valence-electron chi connectivity index (χ4n) is 1.63. The number of halogens is 1. The summed E-state index contributed by atoms with van der Waals surface area (Å²) < 4.78 is 7.17. The highest BCUT2D eigenvalue weighted by Crippen LogP contribution is 2.29. The van der Waals surface area contributed by atoms with Gasteiger partial charge in [0.05, 0.1) is 18.5 Å². The second-order valence-corrected chi connectivity index (χ2v) is 4.22. The Morgan fingerprint density at radius 3 is 2.76 bits per heavy atom. The molecular formula is C12H14ClN3O. The van der Waals surface area contributed by atoms with E-state index < -0.39 is 0 Å². The number of benzene rings is 1. The van der Waals surface area contributed by atoms with Gasteiger partial charge in [0.25, 0.3) is 0 Å². The zero-order chi connectivity index (χ0) is 12.4. The number of hydrogen-bond acceptors (Lipinski definition) is 3. The first kappa shape index (κ1) is 11.8. The first-order valence-corrected chi connectivity index (χ1v) is 5.58. The first-order valence-electron chi connectivity index (χ1n) is 5.20. The number of nitrogens with one attached hydrogen (secondary N) is 1. The summed E-state index contributed by atoms with van der Waals surface area (Å²) >= 11 is 5.96. The number of aryl methyl sites for hydroxylation is 2. The number of nitrogens with zero attached hydrogens (tertiary/aromatic N) is 2. The third-order valence-corrected chi connectivity index (χ3v) is 2.64. The minimum atomic E-state index is 0.652. The summed E-state index contributed by atoms with van der Waals surface area (Å²) in [5.74, 6) is 1.48. The summed E-state index contributed by atoms with van der Waals surface area (Å²) in [5.41, 5.74) is 1.75. The van der Waals surface area contributed by atoms with Crippen molar-refractivity contribution in [1.82, 2.24) is 9.55 Å². The Labute approximate surface area is 105 Å². The SMILES string of the molecule is COc1ccc(Cl)cc1Nc1nc(C)cn1C. The summed E-state index contributed by atoms with van der Waals surface area (Å²) in [7, 11) is 3.55. The lowest BCUT2D eigenvalue weighted by molar-refractivity contribution is 0.417. The fraction of sp³-hybridized carbons (Fsp3) is 0.250. The van der Waals surface area contributed by atoms with Crippen LogP contribution in [0.4, 0.5) is 11.6 Å². The van der Waals surface area contributed by atoms with Crippen molar-refractivity contribution in [2.75, 3.05) is 12.4 Å². The maximum absolute atomic E-state index is 5.96. The summed E-state index contributed by atoms with van der Waals surface area (Å²) in [6, 6.07) is 5.42. The van der Waals surface area contributed by atoms with Crippen LogP contribution in [-0.2, 0) is 7.05 Å². The molecule has 90 valence electrons. The molecule has 0 atom stereocenters. The van der Waals surface area contributed by atoms with Crippen LogP contribution >= 0.6 is 11.6 Å². The van der Waals surface area contributed by atoms with Crippen molar-refractivity contribution in [2.45, 2.75) is 6.92 Å². The Morgan fingerprint density at radius 2 is 2.18 bits per heavy atom. The van der Waals surface area contributed by atoms with E-state index in [-0.39, 0.29) is 0 Å². The molecule has 0 aliphatic rings. The lowest BCUT2D eigenvalue weighted by Crippen LogP contribution is -2.00. The maximum atomic E-state index is 5.96. The molecule has 17 heavy (non-hydrogen) atoms. The molecule has 1 aromatic heterocycles. The molecule has 0 fully saturated rings. The third kappa shape index (κ3) is 2.53. The van der Waals surface area contributed by atoms with Gasteiger partial charge < -0.3 is 14.6 Å². The molecule has 0 amide bonds. The zero-order valence-corrected chi connectivity index (χ0v) is 10.7. The molecule has 0 spiro atoms. The maximum Gasteiger partial charge on any atom is 0.207 e. The van der Waals surface area contributed by atoms with Crippen LogP contribution < -0.4 is 10.1 Å². The molecule has 1 aromatic carbocycles. The summed E-state index contributed by atoms with van der Waals surface area (Å²) in [6.07, 6.45) is 1.94. The summed E-state index contributed by atoms with van der Waals surface area (Å²) in [4.78, 5) is 4.36. The molecular weight excluding hydrogens is 238 g/mol. The average Bonchev–Trinajstić information content (AvgIpc) is 2.58. The minimum absolute atomic E-state index is 0.652. The second kappa shape index (κ2) is 4.67. The van der Waals surface area contributed by atoms with Crippen molar-refractivity contribution < 1.29 is 4.74 Å². The van der Waals surface area contributed by atoms with E-state index in [9.17, 15) is 0 Å². The normalized spacial score (nSPS) is 10.4. The molecule has 0 bridgehead atoms. The predicted octanol–water partition coefficient (Wildman–Crippen LogP) is 3.13. The smallest absolute Gasteiger partial charge is 0.207 e. The van der Waals surface area contributed by atoms with E-state index in [1.807, 2.05) is 36.9 Å². The molecule has 0 unspecified atom stereocenters. The Balaban J connectivity index is 2.35. The van der Waals surface area contributed by atoms with Crippen molar-refractivity contribution in [3.8, 4) is 5.75 Å². The molecule has 4 nitrogen and oxygen atoms in total. The van der Waals surface area contributed by atoms with E-state index in [2.05, 4.69) is 10.3 Å². The van der Waals surface area contributed by atoms with Crippen molar-refractivity contribution in [3.05, 3.63) is 35.1 Å². The Bertz CT molecular complexity index is 537. The molecule has 0 radical (unpaired) electrons. The number of hydrogen-bond donors (Lipinski definition) is 1. The van der Waals surface area contributed by atoms with Crippen molar-refractivity contribution in [3.63, 3.8) is 0 Å². The standard InChI is InChI=1S/C12H14ClN3O/c1-8-7-16(2)12(14-8)15-10-6-9(13)4-5-11(10)17-3/h4-7H,1-3H3,(H,14,15). The molecule has 2 rings (SSSR count). The third-order valence-electron chi connectivity index (χ3n) is 2.40. The fourth-order valence-corrected chi connectivity index (χ4v) is 1.80. The van der Waals surface area contributed by atoms with Crippen molar-refractivity contribution in [1.29, 1.82) is 0 Å². The van der Waals surface area contributed by atoms with Gasteiger partial charge in [0.1, 0.15) is 5.75 Å². The number of ether oxygens (including phenoxy) is 1. The highest BCUT2D eigenvalue weighted by atomic mass is 35.5. The Hall–Kier alpha value is -1.68. The van der Waals surface area contributed by atoms with E-state index >= 15 is 0 Å². The van der Waals surface area contributed by atoms with Crippen LogP contribution in [0, 0.1) is 6.92 Å². The second-order valence-electron chi connectivity index (χ2n) is 3.79. The van der Waals surface area contributed by atoms with Gasteiger partial charge in [-0.25, -0.2) is 4.98 Å². The van der Waals surface area contributed by atoms with E-state index in [1.165, 1.54) is 0 Å². The van der Waals surface area contributed by atoms with Gasteiger partial charge in [-0.15, -0.1) is 0 Å². The quantitative estimate of drug-likeness (QED) is 0.911. The molecule has 0 aliphatic carbocycles. The molecule has 5 heteroatoms. The highest BCUT2D eigenvalue weighted by molar-refractivity contribution is 6.30. The van der Waals surface area contributed by atoms with Crippen LogP contribution in [0.3, 0.4) is 0 Å².